The molecule has 0 unspecified atom stereocenters. The van der Waals surface area contributed by atoms with Crippen LogP contribution in [0.3, 0.4) is 0 Å². The van der Waals surface area contributed by atoms with Gasteiger partial charge in [-0.3, -0.25) is 10.1 Å². The molecule has 2 aromatic carbocycles. The van der Waals surface area contributed by atoms with Gasteiger partial charge in [0.25, 0.3) is 5.69 Å². The van der Waals surface area contributed by atoms with Gasteiger partial charge in [-0.1, -0.05) is 6.92 Å². The van der Waals surface area contributed by atoms with Crippen molar-refractivity contribution < 1.29 is 18.8 Å². The molecule has 0 N–H and O–H groups in total. The summed E-state index contributed by atoms with van der Waals surface area (Å²) in [5.41, 5.74) is 1.44. The van der Waals surface area contributed by atoms with Crippen LogP contribution in [0.1, 0.15) is 18.1 Å². The van der Waals surface area contributed by atoms with Gasteiger partial charge in [0.1, 0.15) is 23.7 Å². The number of nitro groups is 1. The minimum Gasteiger partial charge on any atom is -0.496 e. The molecule has 134 valence electrons. The van der Waals surface area contributed by atoms with Crippen LogP contribution in [0.4, 0.5) is 5.69 Å². The third kappa shape index (κ3) is 3.51. The van der Waals surface area contributed by atoms with Gasteiger partial charge in [0.05, 0.1) is 12.0 Å². The molecule has 26 heavy (non-hydrogen) atoms. The molecule has 1 heterocycles. The van der Waals surface area contributed by atoms with Crippen LogP contribution >= 0.6 is 0 Å². The third-order valence-corrected chi connectivity index (χ3v) is 4.05. The van der Waals surface area contributed by atoms with Crippen LogP contribution in [-0.2, 0) is 13.0 Å². The SMILES string of the molecule is CCc1cc(=O)oc2cc(OCc3cc([N+](=O)[O-])ccc3OC)ccc12. The number of methoxy groups -OCH3 is 1. The monoisotopic (exact) mass is 355 g/mol. The highest BCUT2D eigenvalue weighted by Gasteiger charge is 2.12. The van der Waals surface area contributed by atoms with Crippen LogP contribution in [0.5, 0.6) is 11.5 Å². The van der Waals surface area contributed by atoms with Gasteiger partial charge in [-0.25, -0.2) is 4.79 Å². The maximum Gasteiger partial charge on any atom is 0.336 e. The number of nitro benzene ring substituents is 1. The van der Waals surface area contributed by atoms with Crippen LogP contribution in [0.25, 0.3) is 11.0 Å². The quantitative estimate of drug-likeness (QED) is 0.379. The van der Waals surface area contributed by atoms with Gasteiger partial charge in [-0.05, 0) is 30.2 Å². The molecule has 0 spiro atoms. The van der Waals surface area contributed by atoms with E-state index >= 15 is 0 Å². The topological polar surface area (TPSA) is 91.8 Å². The Balaban J connectivity index is 1.89. The van der Waals surface area contributed by atoms with Crippen molar-refractivity contribution in [2.24, 2.45) is 0 Å². The van der Waals surface area contributed by atoms with E-state index in [-0.39, 0.29) is 12.3 Å². The van der Waals surface area contributed by atoms with Gasteiger partial charge < -0.3 is 13.9 Å². The van der Waals surface area contributed by atoms with Crippen molar-refractivity contribution in [3.8, 4) is 11.5 Å². The van der Waals surface area contributed by atoms with E-state index in [1.165, 1.54) is 31.4 Å². The molecule has 0 atom stereocenters. The molecule has 0 radical (unpaired) electrons. The molecular formula is C19H17NO6. The number of aryl methyl sites for hydroxylation is 1. The number of nitrogens with zero attached hydrogens (tertiary/aromatic N) is 1. The molecule has 3 rings (SSSR count). The average molecular weight is 355 g/mol. The first-order valence-corrected chi connectivity index (χ1v) is 8.02. The van der Waals surface area contributed by atoms with Crippen LogP contribution in [0.15, 0.2) is 51.7 Å². The molecule has 0 bridgehead atoms. The molecule has 0 fully saturated rings. The highest BCUT2D eigenvalue weighted by molar-refractivity contribution is 5.81. The first-order valence-electron chi connectivity index (χ1n) is 8.02. The summed E-state index contributed by atoms with van der Waals surface area (Å²) in [5, 5.41) is 11.8. The Morgan fingerprint density at radius 3 is 2.62 bits per heavy atom. The summed E-state index contributed by atoms with van der Waals surface area (Å²) in [7, 11) is 1.49. The minimum absolute atomic E-state index is 0.0403. The molecular weight excluding hydrogens is 338 g/mol. The zero-order valence-electron chi connectivity index (χ0n) is 14.4. The molecule has 0 saturated heterocycles. The smallest absolute Gasteiger partial charge is 0.336 e. The van der Waals surface area contributed by atoms with E-state index in [1.807, 2.05) is 13.0 Å². The van der Waals surface area contributed by atoms with Crippen molar-refractivity contribution in [2.75, 3.05) is 7.11 Å². The molecule has 3 aromatic rings. The Kier molecular flexibility index (Phi) is 4.88. The second-order valence-corrected chi connectivity index (χ2v) is 5.64. The molecule has 0 saturated carbocycles. The highest BCUT2D eigenvalue weighted by atomic mass is 16.6. The van der Waals surface area contributed by atoms with E-state index < -0.39 is 10.5 Å². The Morgan fingerprint density at radius 2 is 1.92 bits per heavy atom. The first kappa shape index (κ1) is 17.5. The molecule has 0 aliphatic rings. The Bertz CT molecular complexity index is 1020. The van der Waals surface area contributed by atoms with Gasteiger partial charge in [-0.2, -0.15) is 0 Å². The summed E-state index contributed by atoms with van der Waals surface area (Å²) in [5.74, 6) is 0.985. The Morgan fingerprint density at radius 1 is 1.12 bits per heavy atom. The van der Waals surface area contributed by atoms with E-state index in [4.69, 9.17) is 13.9 Å². The lowest BCUT2D eigenvalue weighted by Crippen LogP contribution is -2.02. The molecule has 7 nitrogen and oxygen atoms in total. The average Bonchev–Trinajstić information content (AvgIpc) is 2.64. The molecule has 1 aromatic heterocycles. The van der Waals surface area contributed by atoms with Crippen molar-refractivity contribution >= 4 is 16.7 Å². The van der Waals surface area contributed by atoms with Crippen molar-refractivity contribution in [1.82, 2.24) is 0 Å². The summed E-state index contributed by atoms with van der Waals surface area (Å²) in [6, 6.07) is 11.0. The molecule has 0 aliphatic heterocycles. The fourth-order valence-corrected chi connectivity index (χ4v) is 2.74. The predicted octanol–water partition coefficient (Wildman–Crippen LogP) is 3.85. The second-order valence-electron chi connectivity index (χ2n) is 5.64. The highest BCUT2D eigenvalue weighted by Crippen LogP contribution is 2.27. The third-order valence-electron chi connectivity index (χ3n) is 4.05. The van der Waals surface area contributed by atoms with Crippen LogP contribution in [0, 0.1) is 10.1 Å². The number of fused-ring (bicyclic) bond motifs is 1. The maximum absolute atomic E-state index is 11.7. The fourth-order valence-electron chi connectivity index (χ4n) is 2.74. The summed E-state index contributed by atoms with van der Waals surface area (Å²) >= 11 is 0. The van der Waals surface area contributed by atoms with Crippen molar-refractivity contribution in [1.29, 1.82) is 0 Å². The van der Waals surface area contributed by atoms with Crippen LogP contribution in [0.2, 0.25) is 0 Å². The second kappa shape index (κ2) is 7.26. The number of benzene rings is 2. The minimum atomic E-state index is -0.472. The maximum atomic E-state index is 11.7. The van der Waals surface area contributed by atoms with Gasteiger partial charge >= 0.3 is 5.63 Å². The number of rotatable bonds is 6. The Hall–Kier alpha value is -3.35. The lowest BCUT2D eigenvalue weighted by Gasteiger charge is -2.11. The molecule has 0 amide bonds. The normalized spacial score (nSPS) is 10.7. The number of non-ortho nitro benzene ring substituents is 1. The van der Waals surface area contributed by atoms with E-state index in [1.54, 1.807) is 12.1 Å². The molecule has 7 heteroatoms. The predicted molar refractivity (Wildman–Crippen MR) is 95.8 cm³/mol. The van der Waals surface area contributed by atoms with Crippen LogP contribution < -0.4 is 15.1 Å². The summed E-state index contributed by atoms with van der Waals surface area (Å²) < 4.78 is 16.2. The zero-order valence-corrected chi connectivity index (χ0v) is 14.4. The van der Waals surface area contributed by atoms with Gasteiger partial charge in [-0.15, -0.1) is 0 Å². The van der Waals surface area contributed by atoms with Crippen molar-refractivity contribution in [3.63, 3.8) is 0 Å². The van der Waals surface area contributed by atoms with Gasteiger partial charge in [0.2, 0.25) is 0 Å². The summed E-state index contributed by atoms with van der Waals surface area (Å²) in [4.78, 5) is 22.1. The molecule has 0 aliphatic carbocycles. The van der Waals surface area contributed by atoms with E-state index in [9.17, 15) is 14.9 Å². The summed E-state index contributed by atoms with van der Waals surface area (Å²) in [6.45, 7) is 2.04. The Labute approximate surface area is 148 Å². The first-order chi connectivity index (χ1) is 12.5. The summed E-state index contributed by atoms with van der Waals surface area (Å²) in [6.07, 6.45) is 0.715. The van der Waals surface area contributed by atoms with Gasteiger partial charge in [0.15, 0.2) is 0 Å². The lowest BCUT2D eigenvalue weighted by atomic mass is 10.1. The van der Waals surface area contributed by atoms with Crippen molar-refractivity contribution in [3.05, 3.63) is 74.1 Å². The largest absolute Gasteiger partial charge is 0.496 e. The number of hydrogen-bond donors (Lipinski definition) is 0. The zero-order chi connectivity index (χ0) is 18.7. The lowest BCUT2D eigenvalue weighted by molar-refractivity contribution is -0.385. The van der Waals surface area contributed by atoms with E-state index in [2.05, 4.69) is 0 Å². The number of ether oxygens (including phenoxy) is 2. The van der Waals surface area contributed by atoms with Gasteiger partial charge in [0, 0.05) is 35.2 Å². The van der Waals surface area contributed by atoms with E-state index in [0.29, 0.717) is 29.1 Å². The standard InChI is InChI=1S/C19H17NO6/c1-3-12-9-19(21)26-18-10-15(5-6-16(12)18)25-11-13-8-14(20(22)23)4-7-17(13)24-2/h4-10H,3,11H2,1-2H3. The van der Waals surface area contributed by atoms with E-state index in [0.717, 1.165) is 10.9 Å². The number of hydrogen-bond acceptors (Lipinski definition) is 6. The van der Waals surface area contributed by atoms with Crippen LogP contribution in [-0.4, -0.2) is 12.0 Å². The fraction of sp³-hybridized carbons (Fsp3) is 0.211. The van der Waals surface area contributed by atoms with Crippen molar-refractivity contribution in [2.45, 2.75) is 20.0 Å².